The Bertz CT molecular complexity index is 537. The SMILES string of the molecule is Cc1ncccc1NCc1cc(C(=O)O)cs1. The molecule has 17 heavy (non-hydrogen) atoms. The maximum atomic E-state index is 10.7. The van der Waals surface area contributed by atoms with Crippen molar-refractivity contribution in [1.29, 1.82) is 0 Å². The van der Waals surface area contributed by atoms with E-state index in [4.69, 9.17) is 5.11 Å². The molecule has 0 aromatic carbocycles. The van der Waals surface area contributed by atoms with Gasteiger partial charge in [0.25, 0.3) is 0 Å². The number of carboxylic acids is 1. The van der Waals surface area contributed by atoms with E-state index >= 15 is 0 Å². The van der Waals surface area contributed by atoms with E-state index in [1.54, 1.807) is 17.6 Å². The zero-order chi connectivity index (χ0) is 12.3. The Hall–Kier alpha value is -1.88. The molecule has 2 heterocycles. The number of aromatic carboxylic acids is 1. The number of carboxylic acid groups (broad SMARTS) is 1. The van der Waals surface area contributed by atoms with Gasteiger partial charge < -0.3 is 10.4 Å². The summed E-state index contributed by atoms with van der Waals surface area (Å²) in [4.78, 5) is 15.9. The van der Waals surface area contributed by atoms with Crippen LogP contribution < -0.4 is 5.32 Å². The summed E-state index contributed by atoms with van der Waals surface area (Å²) in [5.41, 5.74) is 2.25. The second-order valence-corrected chi connectivity index (χ2v) is 4.59. The molecule has 2 N–H and O–H groups in total. The van der Waals surface area contributed by atoms with Gasteiger partial charge in [0.15, 0.2) is 0 Å². The average Bonchev–Trinajstić information content (AvgIpc) is 2.77. The standard InChI is InChI=1S/C12H12N2O2S/c1-8-11(3-2-4-13-8)14-6-10-5-9(7-17-10)12(15)16/h2-5,7,14H,6H2,1H3,(H,15,16). The Kier molecular flexibility index (Phi) is 3.39. The molecule has 0 bridgehead atoms. The summed E-state index contributed by atoms with van der Waals surface area (Å²) in [6, 6.07) is 5.51. The second kappa shape index (κ2) is 4.97. The second-order valence-electron chi connectivity index (χ2n) is 3.60. The number of thiophene rings is 1. The Morgan fingerprint density at radius 2 is 2.41 bits per heavy atom. The topological polar surface area (TPSA) is 62.2 Å². The van der Waals surface area contributed by atoms with Crippen LogP contribution in [0.5, 0.6) is 0 Å². The quantitative estimate of drug-likeness (QED) is 0.873. The van der Waals surface area contributed by atoms with Crippen molar-refractivity contribution in [1.82, 2.24) is 4.98 Å². The first-order chi connectivity index (χ1) is 8.16. The largest absolute Gasteiger partial charge is 0.478 e. The lowest BCUT2D eigenvalue weighted by Gasteiger charge is -2.06. The third-order valence-electron chi connectivity index (χ3n) is 2.36. The van der Waals surface area contributed by atoms with Gasteiger partial charge in [-0.05, 0) is 25.1 Å². The maximum Gasteiger partial charge on any atom is 0.336 e. The van der Waals surface area contributed by atoms with Crippen molar-refractivity contribution >= 4 is 23.0 Å². The minimum Gasteiger partial charge on any atom is -0.478 e. The Morgan fingerprint density at radius 3 is 3.06 bits per heavy atom. The van der Waals surface area contributed by atoms with Gasteiger partial charge in [0, 0.05) is 23.0 Å². The number of hydrogen-bond acceptors (Lipinski definition) is 4. The van der Waals surface area contributed by atoms with Crippen LogP contribution in [-0.2, 0) is 6.54 Å². The van der Waals surface area contributed by atoms with E-state index < -0.39 is 5.97 Å². The van der Waals surface area contributed by atoms with E-state index in [2.05, 4.69) is 10.3 Å². The fourth-order valence-corrected chi connectivity index (χ4v) is 2.24. The molecule has 4 nitrogen and oxygen atoms in total. The van der Waals surface area contributed by atoms with Crippen LogP contribution in [0.3, 0.4) is 0 Å². The lowest BCUT2D eigenvalue weighted by atomic mass is 10.3. The first-order valence-electron chi connectivity index (χ1n) is 5.13. The number of pyridine rings is 1. The number of anilines is 1. The van der Waals surface area contributed by atoms with Crippen LogP contribution >= 0.6 is 11.3 Å². The minimum atomic E-state index is -0.884. The van der Waals surface area contributed by atoms with Crippen LogP contribution in [0.15, 0.2) is 29.8 Å². The highest BCUT2D eigenvalue weighted by Gasteiger charge is 2.06. The van der Waals surface area contributed by atoms with Crippen LogP contribution in [0, 0.1) is 6.92 Å². The molecule has 0 saturated heterocycles. The zero-order valence-electron chi connectivity index (χ0n) is 9.30. The summed E-state index contributed by atoms with van der Waals surface area (Å²) in [6.07, 6.45) is 1.74. The summed E-state index contributed by atoms with van der Waals surface area (Å²) in [7, 11) is 0. The van der Waals surface area contributed by atoms with E-state index in [-0.39, 0.29) is 0 Å². The first-order valence-corrected chi connectivity index (χ1v) is 6.01. The van der Waals surface area contributed by atoms with Crippen LogP contribution in [-0.4, -0.2) is 16.1 Å². The van der Waals surface area contributed by atoms with Crippen molar-refractivity contribution in [2.75, 3.05) is 5.32 Å². The maximum absolute atomic E-state index is 10.7. The summed E-state index contributed by atoms with van der Waals surface area (Å²) >= 11 is 1.44. The van der Waals surface area contributed by atoms with E-state index in [0.29, 0.717) is 12.1 Å². The molecule has 88 valence electrons. The number of aromatic nitrogens is 1. The van der Waals surface area contributed by atoms with Gasteiger partial charge in [0.05, 0.1) is 16.9 Å². The highest BCUT2D eigenvalue weighted by molar-refractivity contribution is 7.10. The van der Waals surface area contributed by atoms with Gasteiger partial charge in [-0.15, -0.1) is 11.3 Å². The normalized spacial score (nSPS) is 10.2. The molecular formula is C12H12N2O2S. The molecule has 0 aliphatic heterocycles. The third-order valence-corrected chi connectivity index (χ3v) is 3.30. The number of aryl methyl sites for hydroxylation is 1. The smallest absolute Gasteiger partial charge is 0.336 e. The predicted molar refractivity (Wildman–Crippen MR) is 67.6 cm³/mol. The molecule has 0 unspecified atom stereocenters. The van der Waals surface area contributed by atoms with Crippen LogP contribution in [0.25, 0.3) is 0 Å². The molecule has 2 aromatic rings. The van der Waals surface area contributed by atoms with Crippen molar-refractivity contribution in [3.8, 4) is 0 Å². The van der Waals surface area contributed by atoms with Crippen LogP contribution in [0.1, 0.15) is 20.9 Å². The van der Waals surface area contributed by atoms with Crippen LogP contribution in [0.4, 0.5) is 5.69 Å². The summed E-state index contributed by atoms with van der Waals surface area (Å²) in [5.74, 6) is -0.884. The molecule has 5 heteroatoms. The summed E-state index contributed by atoms with van der Waals surface area (Å²) < 4.78 is 0. The lowest BCUT2D eigenvalue weighted by molar-refractivity contribution is 0.0697. The molecule has 0 spiro atoms. The highest BCUT2D eigenvalue weighted by atomic mass is 32.1. The molecule has 0 aliphatic rings. The monoisotopic (exact) mass is 248 g/mol. The van der Waals surface area contributed by atoms with Crippen molar-refractivity contribution in [3.05, 3.63) is 45.9 Å². The van der Waals surface area contributed by atoms with Crippen molar-refractivity contribution < 1.29 is 9.90 Å². The van der Waals surface area contributed by atoms with E-state index in [1.165, 1.54) is 11.3 Å². The molecule has 0 radical (unpaired) electrons. The molecule has 0 amide bonds. The average molecular weight is 248 g/mol. The number of nitrogens with zero attached hydrogens (tertiary/aromatic N) is 1. The minimum absolute atomic E-state index is 0.342. The van der Waals surface area contributed by atoms with Crippen molar-refractivity contribution in [2.45, 2.75) is 13.5 Å². The predicted octanol–water partition coefficient (Wildman–Crippen LogP) is 2.76. The molecule has 0 saturated carbocycles. The van der Waals surface area contributed by atoms with Gasteiger partial charge in [-0.1, -0.05) is 0 Å². The molecule has 0 atom stereocenters. The van der Waals surface area contributed by atoms with Crippen molar-refractivity contribution in [3.63, 3.8) is 0 Å². The Morgan fingerprint density at radius 1 is 1.59 bits per heavy atom. The first kappa shape index (κ1) is 11.6. The molecule has 2 aromatic heterocycles. The summed E-state index contributed by atoms with van der Waals surface area (Å²) in [6.45, 7) is 2.55. The fourth-order valence-electron chi connectivity index (χ4n) is 1.44. The van der Waals surface area contributed by atoms with Crippen LogP contribution in [0.2, 0.25) is 0 Å². The van der Waals surface area contributed by atoms with Gasteiger partial charge in [0.1, 0.15) is 0 Å². The lowest BCUT2D eigenvalue weighted by Crippen LogP contribution is -2.00. The van der Waals surface area contributed by atoms with E-state index in [9.17, 15) is 4.79 Å². The van der Waals surface area contributed by atoms with E-state index in [1.807, 2.05) is 19.1 Å². The molecule has 2 rings (SSSR count). The van der Waals surface area contributed by atoms with Gasteiger partial charge in [-0.2, -0.15) is 0 Å². The molecule has 0 aliphatic carbocycles. The number of rotatable bonds is 4. The van der Waals surface area contributed by atoms with E-state index in [0.717, 1.165) is 16.3 Å². The van der Waals surface area contributed by atoms with Gasteiger partial charge in [-0.3, -0.25) is 4.98 Å². The third kappa shape index (κ3) is 2.82. The number of carbonyl (C=O) groups is 1. The summed E-state index contributed by atoms with van der Waals surface area (Å²) in [5, 5.41) is 13.7. The van der Waals surface area contributed by atoms with Gasteiger partial charge in [-0.25, -0.2) is 4.79 Å². The molecule has 0 fully saturated rings. The van der Waals surface area contributed by atoms with Crippen molar-refractivity contribution in [2.24, 2.45) is 0 Å². The Balaban J connectivity index is 2.02. The molecular weight excluding hydrogens is 236 g/mol. The number of hydrogen-bond donors (Lipinski definition) is 2. The highest BCUT2D eigenvalue weighted by Crippen LogP contribution is 2.17. The Labute approximate surface area is 103 Å². The zero-order valence-corrected chi connectivity index (χ0v) is 10.1. The fraction of sp³-hybridized carbons (Fsp3) is 0.167. The van der Waals surface area contributed by atoms with Gasteiger partial charge >= 0.3 is 5.97 Å². The van der Waals surface area contributed by atoms with Gasteiger partial charge in [0.2, 0.25) is 0 Å². The number of nitrogens with one attached hydrogen (secondary N) is 1.